The zero-order valence-electron chi connectivity index (χ0n) is 15.5. The molecule has 0 aliphatic carbocycles. The van der Waals surface area contributed by atoms with Crippen LogP contribution in [0.3, 0.4) is 0 Å². The van der Waals surface area contributed by atoms with Crippen LogP contribution in [0, 0.1) is 0 Å². The molecule has 2 heterocycles. The lowest BCUT2D eigenvalue weighted by Crippen LogP contribution is -2.65. The number of carbonyl (C=O) groups excluding carboxylic acids is 2. The summed E-state index contributed by atoms with van der Waals surface area (Å²) in [6, 6.07) is 18.9. The summed E-state index contributed by atoms with van der Waals surface area (Å²) >= 11 is 0. The molecule has 28 heavy (non-hydrogen) atoms. The molecule has 0 saturated carbocycles. The Bertz CT molecular complexity index is 872. The van der Waals surface area contributed by atoms with Crippen molar-refractivity contribution in [2.45, 2.75) is 25.5 Å². The second-order valence-corrected chi connectivity index (χ2v) is 6.57. The number of hydrogen-bond acceptors (Lipinski definition) is 4. The van der Waals surface area contributed by atoms with Gasteiger partial charge in [-0.15, -0.1) is 0 Å². The summed E-state index contributed by atoms with van der Waals surface area (Å²) in [6.45, 7) is 0.565. The van der Waals surface area contributed by atoms with Gasteiger partial charge in [-0.25, -0.2) is 9.59 Å². The SMILES string of the molecule is COC(=O)N1[C@@H]2C=C[C@H]1N(OCc1ccccc1)C(=O)N2Cc1ccccc1. The Balaban J connectivity index is 1.60. The maximum absolute atomic E-state index is 13.2. The molecule has 1 saturated heterocycles. The zero-order chi connectivity index (χ0) is 19.5. The van der Waals surface area contributed by atoms with Crippen molar-refractivity contribution in [3.05, 3.63) is 83.9 Å². The van der Waals surface area contributed by atoms with Gasteiger partial charge in [-0.05, 0) is 23.3 Å². The van der Waals surface area contributed by atoms with E-state index in [-0.39, 0.29) is 12.6 Å². The third-order valence-electron chi connectivity index (χ3n) is 4.81. The van der Waals surface area contributed by atoms with Gasteiger partial charge in [0.05, 0.1) is 7.11 Å². The Morgan fingerprint density at radius 3 is 2.18 bits per heavy atom. The van der Waals surface area contributed by atoms with Crippen molar-refractivity contribution < 1.29 is 19.2 Å². The second kappa shape index (κ2) is 7.74. The van der Waals surface area contributed by atoms with Crippen molar-refractivity contribution in [3.8, 4) is 0 Å². The Morgan fingerprint density at radius 2 is 1.54 bits per heavy atom. The number of hydrogen-bond donors (Lipinski definition) is 0. The monoisotopic (exact) mass is 379 g/mol. The highest BCUT2D eigenvalue weighted by molar-refractivity contribution is 5.80. The van der Waals surface area contributed by atoms with Gasteiger partial charge < -0.3 is 4.74 Å². The van der Waals surface area contributed by atoms with Crippen molar-refractivity contribution in [3.63, 3.8) is 0 Å². The van der Waals surface area contributed by atoms with Crippen molar-refractivity contribution in [1.82, 2.24) is 14.9 Å². The van der Waals surface area contributed by atoms with Crippen LogP contribution in [0.25, 0.3) is 0 Å². The van der Waals surface area contributed by atoms with E-state index < -0.39 is 18.4 Å². The average molecular weight is 379 g/mol. The molecule has 1 fully saturated rings. The molecular weight excluding hydrogens is 358 g/mol. The van der Waals surface area contributed by atoms with Crippen LogP contribution in [0.1, 0.15) is 11.1 Å². The van der Waals surface area contributed by atoms with E-state index in [1.807, 2.05) is 66.7 Å². The predicted octanol–water partition coefficient (Wildman–Crippen LogP) is 3.35. The third-order valence-corrected chi connectivity index (χ3v) is 4.81. The van der Waals surface area contributed by atoms with Crippen molar-refractivity contribution >= 4 is 12.1 Å². The van der Waals surface area contributed by atoms with Gasteiger partial charge in [0.15, 0.2) is 6.17 Å². The first-order valence-corrected chi connectivity index (χ1v) is 9.04. The molecule has 0 spiro atoms. The molecule has 144 valence electrons. The number of rotatable bonds is 5. The summed E-state index contributed by atoms with van der Waals surface area (Å²) in [4.78, 5) is 34.5. The molecule has 0 unspecified atom stereocenters. The minimum Gasteiger partial charge on any atom is -0.453 e. The van der Waals surface area contributed by atoms with Gasteiger partial charge in [0, 0.05) is 6.54 Å². The molecule has 4 rings (SSSR count). The van der Waals surface area contributed by atoms with Crippen molar-refractivity contribution in [2.75, 3.05) is 7.11 Å². The molecule has 2 atom stereocenters. The van der Waals surface area contributed by atoms with Crippen LogP contribution in [-0.4, -0.2) is 46.4 Å². The number of fused-ring (bicyclic) bond motifs is 2. The quantitative estimate of drug-likeness (QED) is 0.748. The molecule has 7 nitrogen and oxygen atoms in total. The number of carbonyl (C=O) groups is 2. The van der Waals surface area contributed by atoms with Gasteiger partial charge in [0.25, 0.3) is 0 Å². The van der Waals surface area contributed by atoms with Crippen molar-refractivity contribution in [2.24, 2.45) is 0 Å². The minimum atomic E-state index is -0.638. The summed E-state index contributed by atoms with van der Waals surface area (Å²) in [5, 5.41) is 1.24. The van der Waals surface area contributed by atoms with E-state index in [4.69, 9.17) is 9.57 Å². The first kappa shape index (κ1) is 18.1. The standard InChI is InChI=1S/C21H21N3O4/c1-27-21(26)23-18-12-13-19(23)24(28-15-17-10-6-3-7-11-17)20(25)22(18)14-16-8-4-2-5-9-16/h2-13,18-19H,14-15H2,1H3/t18-,19-/m1/s1. The van der Waals surface area contributed by atoms with Crippen LogP contribution in [0.15, 0.2) is 72.8 Å². The Hall–Kier alpha value is -3.32. The molecule has 0 N–H and O–H groups in total. The minimum absolute atomic E-state index is 0.218. The lowest BCUT2D eigenvalue weighted by molar-refractivity contribution is -0.201. The normalized spacial score (nSPS) is 20.6. The molecule has 0 aromatic heterocycles. The molecule has 2 aliphatic heterocycles. The van der Waals surface area contributed by atoms with Crippen molar-refractivity contribution in [1.29, 1.82) is 0 Å². The number of benzene rings is 2. The van der Waals surface area contributed by atoms with E-state index in [2.05, 4.69) is 0 Å². The maximum Gasteiger partial charge on any atom is 0.413 e. The van der Waals surface area contributed by atoms with Crippen LogP contribution in [0.2, 0.25) is 0 Å². The summed E-state index contributed by atoms with van der Waals surface area (Å²) < 4.78 is 4.94. The number of amides is 3. The summed E-state index contributed by atoms with van der Waals surface area (Å²) in [5.41, 5.74) is 1.89. The molecule has 2 bridgehead atoms. The largest absolute Gasteiger partial charge is 0.453 e. The Kier molecular flexibility index (Phi) is 4.99. The topological polar surface area (TPSA) is 62.3 Å². The highest BCUT2D eigenvalue weighted by atomic mass is 16.7. The fourth-order valence-electron chi connectivity index (χ4n) is 3.45. The van der Waals surface area contributed by atoms with Gasteiger partial charge in [-0.2, -0.15) is 5.06 Å². The fourth-order valence-corrected chi connectivity index (χ4v) is 3.45. The highest BCUT2D eigenvalue weighted by Gasteiger charge is 2.50. The van der Waals surface area contributed by atoms with Crippen LogP contribution >= 0.6 is 0 Å². The van der Waals surface area contributed by atoms with E-state index in [1.165, 1.54) is 17.1 Å². The summed E-state index contributed by atoms with van der Waals surface area (Å²) in [5.74, 6) is 0. The Morgan fingerprint density at radius 1 is 0.929 bits per heavy atom. The molecule has 7 heteroatoms. The number of hydroxylamine groups is 2. The predicted molar refractivity (Wildman–Crippen MR) is 101 cm³/mol. The number of ether oxygens (including phenoxy) is 1. The molecule has 2 aromatic rings. The van der Waals surface area contributed by atoms with Gasteiger partial charge in [0.2, 0.25) is 0 Å². The van der Waals surface area contributed by atoms with E-state index in [0.29, 0.717) is 6.54 Å². The van der Waals surface area contributed by atoms with E-state index in [9.17, 15) is 9.59 Å². The lowest BCUT2D eigenvalue weighted by atomic mass is 10.2. The molecule has 3 amide bonds. The highest BCUT2D eigenvalue weighted by Crippen LogP contribution is 2.32. The van der Waals surface area contributed by atoms with E-state index >= 15 is 0 Å². The van der Waals surface area contributed by atoms with Crippen LogP contribution in [0.5, 0.6) is 0 Å². The zero-order valence-corrected chi connectivity index (χ0v) is 15.5. The van der Waals surface area contributed by atoms with Crippen LogP contribution < -0.4 is 0 Å². The first-order chi connectivity index (χ1) is 13.7. The first-order valence-electron chi connectivity index (χ1n) is 9.04. The van der Waals surface area contributed by atoms with Crippen LogP contribution in [0.4, 0.5) is 9.59 Å². The van der Waals surface area contributed by atoms with Gasteiger partial charge >= 0.3 is 12.1 Å². The van der Waals surface area contributed by atoms with Gasteiger partial charge in [-0.1, -0.05) is 60.7 Å². The number of methoxy groups -OCH3 is 1. The number of nitrogens with zero attached hydrogens (tertiary/aromatic N) is 3. The van der Waals surface area contributed by atoms with E-state index in [0.717, 1.165) is 11.1 Å². The van der Waals surface area contributed by atoms with Gasteiger partial charge in [-0.3, -0.25) is 14.6 Å². The number of urea groups is 1. The van der Waals surface area contributed by atoms with E-state index in [1.54, 1.807) is 11.0 Å². The molecule has 2 aliphatic rings. The third kappa shape index (κ3) is 3.32. The summed E-state index contributed by atoms with van der Waals surface area (Å²) in [7, 11) is 1.33. The molecular formula is C21H21N3O4. The lowest BCUT2D eigenvalue weighted by Gasteiger charge is -2.46. The molecule has 0 radical (unpaired) electrons. The fraction of sp³-hybridized carbons (Fsp3) is 0.238. The van der Waals surface area contributed by atoms with Crippen LogP contribution in [-0.2, 0) is 22.7 Å². The Labute approximate surface area is 163 Å². The van der Waals surface area contributed by atoms with Gasteiger partial charge in [0.1, 0.15) is 12.8 Å². The second-order valence-electron chi connectivity index (χ2n) is 6.57. The maximum atomic E-state index is 13.2. The smallest absolute Gasteiger partial charge is 0.413 e. The average Bonchev–Trinajstić information content (AvgIpc) is 3.12. The molecule has 2 aromatic carbocycles. The summed E-state index contributed by atoms with van der Waals surface area (Å²) in [6.07, 6.45) is 1.95.